The lowest BCUT2D eigenvalue weighted by molar-refractivity contribution is 0.0728. The van der Waals surface area contributed by atoms with Gasteiger partial charge < -0.3 is 15.2 Å². The van der Waals surface area contributed by atoms with Crippen LogP contribution in [0.15, 0.2) is 42.5 Å². The maximum absolute atomic E-state index is 13.5. The number of pyridine rings is 1. The van der Waals surface area contributed by atoms with Crippen LogP contribution in [-0.2, 0) is 0 Å². The number of rotatable bonds is 4. The molecule has 0 bridgehead atoms. The smallest absolute Gasteiger partial charge is 0.270 e. The number of aryl methyl sites for hydroxylation is 2. The van der Waals surface area contributed by atoms with Gasteiger partial charge in [0.05, 0.1) is 17.4 Å². The average molecular weight is 436 g/mol. The molecule has 0 aliphatic carbocycles. The number of aromatic nitrogens is 3. The van der Waals surface area contributed by atoms with Crippen molar-refractivity contribution < 1.29 is 9.18 Å². The van der Waals surface area contributed by atoms with Crippen LogP contribution in [0.1, 0.15) is 45.6 Å². The predicted octanol–water partition coefficient (Wildman–Crippen LogP) is 5.50. The maximum Gasteiger partial charge on any atom is 0.270 e. The summed E-state index contributed by atoms with van der Waals surface area (Å²) in [6, 6.07) is 12.0. The van der Waals surface area contributed by atoms with Crippen molar-refractivity contribution in [1.29, 1.82) is 0 Å². The van der Waals surface area contributed by atoms with E-state index >= 15 is 0 Å². The first kappa shape index (κ1) is 19.7. The van der Waals surface area contributed by atoms with Crippen molar-refractivity contribution in [2.24, 2.45) is 0 Å². The highest BCUT2D eigenvalue weighted by molar-refractivity contribution is 7.15. The highest BCUT2D eigenvalue weighted by Gasteiger charge is 2.32. The van der Waals surface area contributed by atoms with Gasteiger partial charge in [-0.1, -0.05) is 6.07 Å². The molecule has 0 spiro atoms. The number of carbonyl (C=O) groups excluding carboxylic acids is 1. The zero-order chi connectivity index (χ0) is 21.5. The summed E-state index contributed by atoms with van der Waals surface area (Å²) in [5.41, 5.74) is 2.95. The number of fused-ring (bicyclic) bond motifs is 1. The quantitative estimate of drug-likeness (QED) is 0.444. The van der Waals surface area contributed by atoms with E-state index in [2.05, 4.69) is 15.3 Å². The minimum Gasteiger partial charge on any atom is -0.350 e. The van der Waals surface area contributed by atoms with Gasteiger partial charge in [0.1, 0.15) is 17.3 Å². The number of hydrogen-bond donors (Lipinski definition) is 2. The molecule has 1 aromatic carbocycles. The van der Waals surface area contributed by atoms with E-state index in [1.165, 1.54) is 17.0 Å². The Morgan fingerprint density at radius 3 is 2.90 bits per heavy atom. The fraction of sp³-hybridized carbons (Fsp3) is 0.261. The SMILES string of the molecule is Cc1nc(Nc2cccc([C@@H]3CCCN3C(=O)c3cc4ccc(F)cc4[nH]3)n2)sc1C. The maximum atomic E-state index is 13.5. The van der Waals surface area contributed by atoms with Crippen LogP contribution in [-0.4, -0.2) is 32.3 Å². The van der Waals surface area contributed by atoms with Gasteiger partial charge in [-0.25, -0.2) is 14.4 Å². The Bertz CT molecular complexity index is 1260. The number of anilines is 2. The molecule has 2 N–H and O–H groups in total. The van der Waals surface area contributed by atoms with Gasteiger partial charge in [0.25, 0.3) is 5.91 Å². The van der Waals surface area contributed by atoms with Crippen LogP contribution in [0.2, 0.25) is 0 Å². The van der Waals surface area contributed by atoms with Crippen LogP contribution in [0, 0.1) is 19.7 Å². The number of benzene rings is 1. The summed E-state index contributed by atoms with van der Waals surface area (Å²) in [6.07, 6.45) is 1.77. The van der Waals surface area contributed by atoms with Crippen LogP contribution < -0.4 is 5.32 Å². The van der Waals surface area contributed by atoms with E-state index in [-0.39, 0.29) is 17.8 Å². The highest BCUT2D eigenvalue weighted by atomic mass is 32.1. The number of nitrogens with zero attached hydrogens (tertiary/aromatic N) is 3. The molecule has 1 amide bonds. The molecule has 4 aromatic rings. The number of thiazole rings is 1. The Morgan fingerprint density at radius 1 is 1.23 bits per heavy atom. The predicted molar refractivity (Wildman–Crippen MR) is 120 cm³/mol. The molecule has 1 aliphatic rings. The topological polar surface area (TPSA) is 73.9 Å². The van der Waals surface area contributed by atoms with Crippen LogP contribution in [0.5, 0.6) is 0 Å². The number of hydrogen-bond acceptors (Lipinski definition) is 5. The van der Waals surface area contributed by atoms with Crippen molar-refractivity contribution in [1.82, 2.24) is 19.9 Å². The van der Waals surface area contributed by atoms with Crippen molar-refractivity contribution in [2.75, 3.05) is 11.9 Å². The molecule has 3 aromatic heterocycles. The second-order valence-electron chi connectivity index (χ2n) is 7.80. The summed E-state index contributed by atoms with van der Waals surface area (Å²) in [5, 5.41) is 4.91. The Balaban J connectivity index is 1.39. The summed E-state index contributed by atoms with van der Waals surface area (Å²) in [6.45, 7) is 4.70. The van der Waals surface area contributed by atoms with Gasteiger partial charge in [-0.05, 0) is 63.1 Å². The fourth-order valence-corrected chi connectivity index (χ4v) is 4.85. The molecule has 8 heteroatoms. The van der Waals surface area contributed by atoms with E-state index in [1.807, 2.05) is 36.9 Å². The number of carbonyl (C=O) groups is 1. The molecule has 1 atom stereocenters. The van der Waals surface area contributed by atoms with Gasteiger partial charge >= 0.3 is 0 Å². The third-order valence-corrected chi connectivity index (χ3v) is 6.69. The molecule has 0 radical (unpaired) electrons. The zero-order valence-corrected chi connectivity index (χ0v) is 18.1. The van der Waals surface area contributed by atoms with Crippen molar-refractivity contribution >= 4 is 39.1 Å². The molecule has 6 nitrogen and oxygen atoms in total. The van der Waals surface area contributed by atoms with Crippen molar-refractivity contribution in [3.8, 4) is 0 Å². The molecule has 31 heavy (non-hydrogen) atoms. The molecule has 1 aliphatic heterocycles. The average Bonchev–Trinajstić information content (AvgIpc) is 3.46. The highest BCUT2D eigenvalue weighted by Crippen LogP contribution is 2.33. The minimum absolute atomic E-state index is 0.0922. The largest absolute Gasteiger partial charge is 0.350 e. The van der Waals surface area contributed by atoms with Crippen LogP contribution in [0.4, 0.5) is 15.3 Å². The third-order valence-electron chi connectivity index (χ3n) is 5.70. The number of halogens is 1. The lowest BCUT2D eigenvalue weighted by Gasteiger charge is -2.24. The second-order valence-corrected chi connectivity index (χ2v) is 9.01. The summed E-state index contributed by atoms with van der Waals surface area (Å²) in [5.74, 6) is 0.295. The fourth-order valence-electron chi connectivity index (χ4n) is 4.03. The number of nitrogens with one attached hydrogen (secondary N) is 2. The van der Waals surface area contributed by atoms with Crippen molar-refractivity contribution in [3.63, 3.8) is 0 Å². The third kappa shape index (κ3) is 3.79. The lowest BCUT2D eigenvalue weighted by Crippen LogP contribution is -2.31. The Kier molecular flexibility index (Phi) is 4.94. The van der Waals surface area contributed by atoms with E-state index in [1.54, 1.807) is 23.5 Å². The molecule has 1 fully saturated rings. The molecule has 1 saturated heterocycles. The van der Waals surface area contributed by atoms with Crippen LogP contribution in [0.3, 0.4) is 0 Å². The summed E-state index contributed by atoms with van der Waals surface area (Å²) < 4.78 is 13.5. The van der Waals surface area contributed by atoms with Crippen molar-refractivity contribution in [3.05, 3.63) is 70.2 Å². The molecule has 5 rings (SSSR count). The van der Waals surface area contributed by atoms with E-state index in [9.17, 15) is 9.18 Å². The molecular weight excluding hydrogens is 413 g/mol. The van der Waals surface area contributed by atoms with E-state index in [0.717, 1.165) is 34.7 Å². The summed E-state index contributed by atoms with van der Waals surface area (Å²) >= 11 is 1.60. The molecular formula is C23H22FN5OS. The Morgan fingerprint density at radius 2 is 2.10 bits per heavy atom. The minimum atomic E-state index is -0.327. The van der Waals surface area contributed by atoms with Gasteiger partial charge in [-0.2, -0.15) is 0 Å². The Labute approximate surface area is 183 Å². The molecule has 0 saturated carbocycles. The van der Waals surface area contributed by atoms with E-state index in [4.69, 9.17) is 4.98 Å². The van der Waals surface area contributed by atoms with Gasteiger partial charge in [-0.3, -0.25) is 4.79 Å². The van der Waals surface area contributed by atoms with Gasteiger partial charge in [0.15, 0.2) is 5.13 Å². The van der Waals surface area contributed by atoms with E-state index < -0.39 is 0 Å². The number of likely N-dealkylation sites (tertiary alicyclic amines) is 1. The number of amides is 1. The van der Waals surface area contributed by atoms with Gasteiger partial charge in [-0.15, -0.1) is 11.3 Å². The summed E-state index contributed by atoms with van der Waals surface area (Å²) in [7, 11) is 0. The van der Waals surface area contributed by atoms with Gasteiger partial charge in [0.2, 0.25) is 0 Å². The first-order valence-corrected chi connectivity index (χ1v) is 11.1. The zero-order valence-electron chi connectivity index (χ0n) is 17.3. The number of aromatic amines is 1. The van der Waals surface area contributed by atoms with E-state index in [0.29, 0.717) is 23.6 Å². The van der Waals surface area contributed by atoms with Crippen LogP contribution >= 0.6 is 11.3 Å². The lowest BCUT2D eigenvalue weighted by atomic mass is 10.1. The summed E-state index contributed by atoms with van der Waals surface area (Å²) in [4.78, 5) is 28.6. The second kappa shape index (κ2) is 7.77. The van der Waals surface area contributed by atoms with Gasteiger partial charge in [0, 0.05) is 22.3 Å². The standard InChI is InChI=1S/C23H22FN5OS/c1-13-14(2)31-23(25-13)28-21-7-3-5-17(27-21)20-6-4-10-29(20)22(30)19-11-15-8-9-16(24)12-18(15)26-19/h3,5,7-9,11-12,20,26H,4,6,10H2,1-2H3,(H,25,27,28)/t20-/m0/s1. The number of H-pyrrole nitrogens is 1. The van der Waals surface area contributed by atoms with Crippen LogP contribution in [0.25, 0.3) is 10.9 Å². The molecule has 4 heterocycles. The molecule has 0 unspecified atom stereocenters. The Hall–Kier alpha value is -3.26. The van der Waals surface area contributed by atoms with Crippen molar-refractivity contribution in [2.45, 2.75) is 32.7 Å². The first-order valence-electron chi connectivity index (χ1n) is 10.3. The first-order chi connectivity index (χ1) is 15.0. The molecule has 158 valence electrons. The normalized spacial score (nSPS) is 16.2. The monoisotopic (exact) mass is 435 g/mol.